The standard InChI is InChI=1S/C14H17FN2O/c1-2-7-17-8-6-16-14(17)10-13(18)11-4-3-5-12(15)9-11/h3-6,8-9,13,18H,2,7,10H2,1H3. The highest BCUT2D eigenvalue weighted by Crippen LogP contribution is 2.18. The molecule has 0 amide bonds. The highest BCUT2D eigenvalue weighted by Gasteiger charge is 2.12. The molecular formula is C14H17FN2O. The number of imidazole rings is 1. The lowest BCUT2D eigenvalue weighted by Gasteiger charge is -2.12. The number of aliphatic hydroxyl groups excluding tert-OH is 1. The molecule has 0 aliphatic rings. The fourth-order valence-corrected chi connectivity index (χ4v) is 1.98. The lowest BCUT2D eigenvalue weighted by molar-refractivity contribution is 0.174. The maximum Gasteiger partial charge on any atom is 0.123 e. The minimum absolute atomic E-state index is 0.330. The van der Waals surface area contributed by atoms with Crippen molar-refractivity contribution in [2.75, 3.05) is 0 Å². The monoisotopic (exact) mass is 248 g/mol. The summed E-state index contributed by atoms with van der Waals surface area (Å²) in [5.74, 6) is 0.497. The van der Waals surface area contributed by atoms with E-state index < -0.39 is 6.10 Å². The first-order valence-electron chi connectivity index (χ1n) is 6.14. The summed E-state index contributed by atoms with van der Waals surface area (Å²) in [5, 5.41) is 10.1. The van der Waals surface area contributed by atoms with Crippen molar-refractivity contribution in [1.29, 1.82) is 0 Å². The number of hydrogen-bond donors (Lipinski definition) is 1. The molecule has 0 saturated heterocycles. The Kier molecular flexibility index (Phi) is 4.10. The number of hydrogen-bond acceptors (Lipinski definition) is 2. The summed E-state index contributed by atoms with van der Waals surface area (Å²) in [6, 6.07) is 6.05. The van der Waals surface area contributed by atoms with E-state index >= 15 is 0 Å². The van der Waals surface area contributed by atoms with Crippen molar-refractivity contribution in [2.24, 2.45) is 0 Å². The van der Waals surface area contributed by atoms with Gasteiger partial charge in [-0.25, -0.2) is 9.37 Å². The minimum Gasteiger partial charge on any atom is -0.388 e. The molecule has 0 bridgehead atoms. The van der Waals surface area contributed by atoms with Crippen LogP contribution in [0.25, 0.3) is 0 Å². The summed E-state index contributed by atoms with van der Waals surface area (Å²) < 4.78 is 15.1. The Morgan fingerprint density at radius 1 is 1.44 bits per heavy atom. The molecule has 0 radical (unpaired) electrons. The molecule has 1 aromatic heterocycles. The first-order valence-corrected chi connectivity index (χ1v) is 6.14. The zero-order valence-corrected chi connectivity index (χ0v) is 10.4. The Morgan fingerprint density at radius 3 is 3.00 bits per heavy atom. The molecule has 96 valence electrons. The van der Waals surface area contributed by atoms with Crippen LogP contribution in [0.15, 0.2) is 36.7 Å². The van der Waals surface area contributed by atoms with E-state index in [1.165, 1.54) is 12.1 Å². The maximum absolute atomic E-state index is 13.1. The molecule has 0 spiro atoms. The third-order valence-electron chi connectivity index (χ3n) is 2.88. The Morgan fingerprint density at radius 2 is 2.28 bits per heavy atom. The average molecular weight is 248 g/mol. The number of aliphatic hydroxyl groups is 1. The van der Waals surface area contributed by atoms with Gasteiger partial charge in [0.15, 0.2) is 0 Å². The van der Waals surface area contributed by atoms with Gasteiger partial charge < -0.3 is 9.67 Å². The molecule has 1 heterocycles. The summed E-state index contributed by atoms with van der Waals surface area (Å²) >= 11 is 0. The van der Waals surface area contributed by atoms with Crippen molar-refractivity contribution in [1.82, 2.24) is 9.55 Å². The maximum atomic E-state index is 13.1. The molecule has 0 aliphatic carbocycles. The van der Waals surface area contributed by atoms with Gasteiger partial charge in [-0.05, 0) is 24.1 Å². The zero-order chi connectivity index (χ0) is 13.0. The van der Waals surface area contributed by atoms with Gasteiger partial charge in [0, 0.05) is 25.4 Å². The van der Waals surface area contributed by atoms with E-state index in [0.29, 0.717) is 12.0 Å². The second-order valence-electron chi connectivity index (χ2n) is 4.31. The number of nitrogens with zero attached hydrogens (tertiary/aromatic N) is 2. The van der Waals surface area contributed by atoms with Gasteiger partial charge in [-0.2, -0.15) is 0 Å². The van der Waals surface area contributed by atoms with Crippen LogP contribution < -0.4 is 0 Å². The first-order chi connectivity index (χ1) is 8.70. The smallest absolute Gasteiger partial charge is 0.123 e. The zero-order valence-electron chi connectivity index (χ0n) is 10.4. The molecular weight excluding hydrogens is 231 g/mol. The van der Waals surface area contributed by atoms with Crippen LogP contribution in [-0.2, 0) is 13.0 Å². The first kappa shape index (κ1) is 12.8. The minimum atomic E-state index is -0.723. The topological polar surface area (TPSA) is 38.0 Å². The second kappa shape index (κ2) is 5.78. The van der Waals surface area contributed by atoms with Crippen LogP contribution in [0.1, 0.15) is 30.8 Å². The van der Waals surface area contributed by atoms with E-state index in [2.05, 4.69) is 11.9 Å². The summed E-state index contributed by atoms with van der Waals surface area (Å²) in [5.41, 5.74) is 0.584. The molecule has 1 aromatic carbocycles. The molecule has 0 fully saturated rings. The highest BCUT2D eigenvalue weighted by molar-refractivity contribution is 5.19. The van der Waals surface area contributed by atoms with E-state index in [-0.39, 0.29) is 5.82 Å². The number of aromatic nitrogens is 2. The Labute approximate surface area is 106 Å². The van der Waals surface area contributed by atoms with Gasteiger partial charge in [0.25, 0.3) is 0 Å². The Balaban J connectivity index is 2.11. The van der Waals surface area contributed by atoms with E-state index in [9.17, 15) is 9.50 Å². The molecule has 3 nitrogen and oxygen atoms in total. The van der Waals surface area contributed by atoms with Crippen LogP contribution in [0.4, 0.5) is 4.39 Å². The molecule has 1 unspecified atom stereocenters. The predicted molar refractivity (Wildman–Crippen MR) is 67.6 cm³/mol. The van der Waals surface area contributed by atoms with Crippen molar-refractivity contribution in [2.45, 2.75) is 32.4 Å². The van der Waals surface area contributed by atoms with Crippen molar-refractivity contribution >= 4 is 0 Å². The van der Waals surface area contributed by atoms with Crippen LogP contribution in [0, 0.1) is 5.82 Å². The van der Waals surface area contributed by atoms with Crippen LogP contribution in [-0.4, -0.2) is 14.7 Å². The molecule has 1 N–H and O–H groups in total. The van der Waals surface area contributed by atoms with E-state index in [0.717, 1.165) is 18.8 Å². The lowest BCUT2D eigenvalue weighted by atomic mass is 10.1. The lowest BCUT2D eigenvalue weighted by Crippen LogP contribution is -2.09. The van der Waals surface area contributed by atoms with Gasteiger partial charge in [0.05, 0.1) is 6.10 Å². The molecule has 4 heteroatoms. The summed E-state index contributed by atoms with van der Waals surface area (Å²) in [6.07, 6.45) is 4.31. The number of rotatable bonds is 5. The Bertz CT molecular complexity index is 510. The van der Waals surface area contributed by atoms with E-state index in [4.69, 9.17) is 0 Å². The van der Waals surface area contributed by atoms with Gasteiger partial charge in [-0.15, -0.1) is 0 Å². The number of halogens is 1. The molecule has 0 saturated carbocycles. The van der Waals surface area contributed by atoms with Gasteiger partial charge >= 0.3 is 0 Å². The summed E-state index contributed by atoms with van der Waals surface area (Å²) in [4.78, 5) is 4.23. The molecule has 0 aliphatic heterocycles. The van der Waals surface area contributed by atoms with Crippen molar-refractivity contribution in [3.63, 3.8) is 0 Å². The number of benzene rings is 1. The van der Waals surface area contributed by atoms with E-state index in [1.54, 1.807) is 18.3 Å². The predicted octanol–water partition coefficient (Wildman–Crippen LogP) is 2.71. The average Bonchev–Trinajstić information content (AvgIpc) is 2.77. The molecule has 2 rings (SSSR count). The van der Waals surface area contributed by atoms with Crippen LogP contribution in [0.2, 0.25) is 0 Å². The van der Waals surface area contributed by atoms with E-state index in [1.807, 2.05) is 10.8 Å². The highest BCUT2D eigenvalue weighted by atomic mass is 19.1. The fourth-order valence-electron chi connectivity index (χ4n) is 1.98. The van der Waals surface area contributed by atoms with Gasteiger partial charge in [-0.3, -0.25) is 0 Å². The number of aryl methyl sites for hydroxylation is 1. The molecule has 2 aromatic rings. The van der Waals surface area contributed by atoms with Crippen molar-refractivity contribution in [3.05, 3.63) is 53.9 Å². The summed E-state index contributed by atoms with van der Waals surface area (Å²) in [7, 11) is 0. The fraction of sp³-hybridized carbons (Fsp3) is 0.357. The van der Waals surface area contributed by atoms with Crippen molar-refractivity contribution < 1.29 is 9.50 Å². The van der Waals surface area contributed by atoms with Gasteiger partial charge in [0.1, 0.15) is 11.6 Å². The molecule has 18 heavy (non-hydrogen) atoms. The van der Waals surface area contributed by atoms with Gasteiger partial charge in [-0.1, -0.05) is 19.1 Å². The third kappa shape index (κ3) is 2.96. The largest absolute Gasteiger partial charge is 0.388 e. The quantitative estimate of drug-likeness (QED) is 0.883. The van der Waals surface area contributed by atoms with Crippen molar-refractivity contribution in [3.8, 4) is 0 Å². The van der Waals surface area contributed by atoms with Crippen LogP contribution in [0.5, 0.6) is 0 Å². The third-order valence-corrected chi connectivity index (χ3v) is 2.88. The van der Waals surface area contributed by atoms with Crippen LogP contribution in [0.3, 0.4) is 0 Å². The second-order valence-corrected chi connectivity index (χ2v) is 4.31. The van der Waals surface area contributed by atoms with Crippen LogP contribution >= 0.6 is 0 Å². The van der Waals surface area contributed by atoms with Gasteiger partial charge in [0.2, 0.25) is 0 Å². The Hall–Kier alpha value is -1.68. The molecule has 1 atom stereocenters. The summed E-state index contributed by atoms with van der Waals surface area (Å²) in [6.45, 7) is 2.97. The normalized spacial score (nSPS) is 12.6. The SMILES string of the molecule is CCCn1ccnc1CC(O)c1cccc(F)c1.